The Hall–Kier alpha value is -2.97. The monoisotopic (exact) mass is 391 g/mol. The van der Waals surface area contributed by atoms with Crippen molar-refractivity contribution >= 4 is 17.6 Å². The third kappa shape index (κ3) is 3.56. The van der Waals surface area contributed by atoms with Crippen LogP contribution in [-0.2, 0) is 19.5 Å². The first-order valence-corrected chi connectivity index (χ1v) is 8.75. The minimum absolute atomic E-state index is 0. The first kappa shape index (κ1) is 19.8. The fraction of sp³-hybridized carbons (Fsp3) is 0.421. The standard InChI is InChI=1S/C18H19F2N5O2.CH4/c1-10-6-12(2-3-14(10)20)22-18(27)24-5-4-15-13(9-24)16-17(26)21-7-11(19)8-25(16)23-15;/h2-3,6,11H,4-5,7-9H2,1H3,(H,21,26)(H,22,27);1H4. The number of anilines is 1. The predicted molar refractivity (Wildman–Crippen MR) is 100 cm³/mol. The molecule has 2 aliphatic rings. The normalized spacial score (nSPS) is 18.3. The second-order valence-electron chi connectivity index (χ2n) is 6.83. The number of fused-ring (bicyclic) bond motifs is 3. The summed E-state index contributed by atoms with van der Waals surface area (Å²) in [7, 11) is 0. The minimum atomic E-state index is -1.20. The lowest BCUT2D eigenvalue weighted by molar-refractivity contribution is 0.0943. The quantitative estimate of drug-likeness (QED) is 0.784. The Labute approximate surface area is 161 Å². The number of hydrogen-bond acceptors (Lipinski definition) is 3. The van der Waals surface area contributed by atoms with E-state index in [0.717, 1.165) is 5.69 Å². The van der Waals surface area contributed by atoms with E-state index in [1.54, 1.807) is 17.9 Å². The largest absolute Gasteiger partial charge is 0.348 e. The molecule has 1 atom stereocenters. The molecule has 0 fully saturated rings. The van der Waals surface area contributed by atoms with Crippen LogP contribution in [0.2, 0.25) is 0 Å². The average molecular weight is 391 g/mol. The van der Waals surface area contributed by atoms with E-state index in [-0.39, 0.29) is 44.8 Å². The molecule has 2 N–H and O–H groups in total. The topological polar surface area (TPSA) is 79.3 Å². The fourth-order valence-electron chi connectivity index (χ4n) is 3.45. The zero-order valence-corrected chi connectivity index (χ0v) is 14.8. The molecule has 1 aromatic heterocycles. The number of amides is 3. The van der Waals surface area contributed by atoms with E-state index in [1.807, 2.05) is 0 Å². The van der Waals surface area contributed by atoms with Gasteiger partial charge in [-0.1, -0.05) is 7.43 Å². The summed E-state index contributed by atoms with van der Waals surface area (Å²) in [6.45, 7) is 2.22. The molecule has 150 valence electrons. The first-order chi connectivity index (χ1) is 12.9. The van der Waals surface area contributed by atoms with Gasteiger partial charge < -0.3 is 15.5 Å². The van der Waals surface area contributed by atoms with Gasteiger partial charge in [-0.05, 0) is 30.7 Å². The van der Waals surface area contributed by atoms with E-state index in [0.29, 0.717) is 35.5 Å². The molecule has 2 aliphatic heterocycles. The van der Waals surface area contributed by atoms with Crippen LogP contribution < -0.4 is 10.6 Å². The number of aromatic nitrogens is 2. The highest BCUT2D eigenvalue weighted by Crippen LogP contribution is 2.25. The maximum absolute atomic E-state index is 13.8. The summed E-state index contributed by atoms with van der Waals surface area (Å²) < 4.78 is 28.6. The fourth-order valence-corrected chi connectivity index (χ4v) is 3.45. The van der Waals surface area contributed by atoms with Crippen molar-refractivity contribution in [2.45, 2.75) is 40.0 Å². The molecule has 0 saturated heterocycles. The lowest BCUT2D eigenvalue weighted by Gasteiger charge is -2.27. The molecule has 3 heterocycles. The van der Waals surface area contributed by atoms with Gasteiger partial charge in [0.15, 0.2) is 0 Å². The number of benzene rings is 1. The molecule has 0 aliphatic carbocycles. The summed E-state index contributed by atoms with van der Waals surface area (Å²) in [5.41, 5.74) is 2.62. The molecule has 0 bridgehead atoms. The summed E-state index contributed by atoms with van der Waals surface area (Å²) in [4.78, 5) is 26.5. The number of carbonyl (C=O) groups excluding carboxylic acids is 2. The van der Waals surface area contributed by atoms with Crippen LogP contribution in [0.1, 0.15) is 34.7 Å². The summed E-state index contributed by atoms with van der Waals surface area (Å²) in [5.74, 6) is -0.712. The first-order valence-electron chi connectivity index (χ1n) is 8.75. The molecule has 2 aromatic rings. The summed E-state index contributed by atoms with van der Waals surface area (Å²) in [5, 5.41) is 9.67. The maximum Gasteiger partial charge on any atom is 0.322 e. The molecule has 3 amide bonds. The van der Waals surface area contributed by atoms with Crippen molar-refractivity contribution in [3.05, 3.63) is 46.5 Å². The van der Waals surface area contributed by atoms with Gasteiger partial charge in [-0.25, -0.2) is 13.6 Å². The molecular weight excluding hydrogens is 368 g/mol. The van der Waals surface area contributed by atoms with Crippen molar-refractivity contribution < 1.29 is 18.4 Å². The van der Waals surface area contributed by atoms with Crippen molar-refractivity contribution in [3.63, 3.8) is 0 Å². The second kappa shape index (κ2) is 7.57. The van der Waals surface area contributed by atoms with Crippen molar-refractivity contribution in [1.29, 1.82) is 0 Å². The average Bonchev–Trinajstić information content (AvgIpc) is 2.92. The number of nitrogens with zero attached hydrogens (tertiary/aromatic N) is 3. The van der Waals surface area contributed by atoms with Gasteiger partial charge in [0.05, 0.1) is 25.3 Å². The van der Waals surface area contributed by atoms with Crippen molar-refractivity contribution in [3.8, 4) is 0 Å². The van der Waals surface area contributed by atoms with Crippen LogP contribution in [0.15, 0.2) is 18.2 Å². The van der Waals surface area contributed by atoms with Gasteiger partial charge in [-0.3, -0.25) is 9.48 Å². The number of urea groups is 1. The van der Waals surface area contributed by atoms with Crippen molar-refractivity contribution in [2.75, 3.05) is 18.4 Å². The molecule has 0 radical (unpaired) electrons. The zero-order valence-electron chi connectivity index (χ0n) is 14.8. The summed E-state index contributed by atoms with van der Waals surface area (Å²) in [6, 6.07) is 4.01. The summed E-state index contributed by atoms with van der Waals surface area (Å²) in [6.07, 6.45) is -0.715. The van der Waals surface area contributed by atoms with Gasteiger partial charge in [0.2, 0.25) is 0 Å². The van der Waals surface area contributed by atoms with Crippen LogP contribution in [0.3, 0.4) is 0 Å². The molecule has 7 nitrogen and oxygen atoms in total. The van der Waals surface area contributed by atoms with Crippen molar-refractivity contribution in [2.24, 2.45) is 0 Å². The van der Waals surface area contributed by atoms with Gasteiger partial charge in [0.1, 0.15) is 17.7 Å². The molecule has 9 heteroatoms. The highest BCUT2D eigenvalue weighted by atomic mass is 19.1. The molecule has 0 spiro atoms. The van der Waals surface area contributed by atoms with Crippen molar-refractivity contribution in [1.82, 2.24) is 20.0 Å². The molecule has 1 unspecified atom stereocenters. The van der Waals surface area contributed by atoms with E-state index in [9.17, 15) is 18.4 Å². The lowest BCUT2D eigenvalue weighted by Crippen LogP contribution is -2.39. The Morgan fingerprint density at radius 1 is 1.39 bits per heavy atom. The number of aryl methyl sites for hydroxylation is 1. The van der Waals surface area contributed by atoms with Crippen LogP contribution in [0.25, 0.3) is 0 Å². The molecule has 0 saturated carbocycles. The lowest BCUT2D eigenvalue weighted by atomic mass is 10.1. The summed E-state index contributed by atoms with van der Waals surface area (Å²) >= 11 is 0. The number of hydrogen-bond donors (Lipinski definition) is 2. The third-order valence-corrected chi connectivity index (χ3v) is 4.87. The van der Waals surface area contributed by atoms with Crippen LogP contribution in [0, 0.1) is 12.7 Å². The Bertz CT molecular complexity index is 927. The van der Waals surface area contributed by atoms with E-state index >= 15 is 0 Å². The van der Waals surface area contributed by atoms with Crippen LogP contribution >= 0.6 is 0 Å². The van der Waals surface area contributed by atoms with Crippen LogP contribution in [0.5, 0.6) is 0 Å². The van der Waals surface area contributed by atoms with E-state index < -0.39 is 6.17 Å². The molecule has 1 aromatic carbocycles. The van der Waals surface area contributed by atoms with Gasteiger partial charge >= 0.3 is 6.03 Å². The molecular formula is C19H23F2N5O2. The Morgan fingerprint density at radius 3 is 2.93 bits per heavy atom. The second-order valence-corrected chi connectivity index (χ2v) is 6.83. The van der Waals surface area contributed by atoms with Gasteiger partial charge in [-0.2, -0.15) is 5.10 Å². The predicted octanol–water partition coefficient (Wildman–Crippen LogP) is 2.64. The highest BCUT2D eigenvalue weighted by Gasteiger charge is 2.32. The van der Waals surface area contributed by atoms with Gasteiger partial charge in [-0.15, -0.1) is 0 Å². The number of nitrogens with one attached hydrogen (secondary N) is 2. The Morgan fingerprint density at radius 2 is 2.18 bits per heavy atom. The third-order valence-electron chi connectivity index (χ3n) is 4.87. The van der Waals surface area contributed by atoms with Crippen LogP contribution in [-0.4, -0.2) is 45.9 Å². The maximum atomic E-state index is 13.8. The van der Waals surface area contributed by atoms with Gasteiger partial charge in [0, 0.05) is 24.2 Å². The SMILES string of the molecule is C.Cc1cc(NC(=O)N2CCc3nn4c(c3C2)C(=O)NCC(F)C4)ccc1F. The highest BCUT2D eigenvalue weighted by molar-refractivity contribution is 5.95. The minimum Gasteiger partial charge on any atom is -0.348 e. The molecule has 4 rings (SSSR count). The zero-order chi connectivity index (χ0) is 19.1. The van der Waals surface area contributed by atoms with E-state index in [2.05, 4.69) is 15.7 Å². The number of alkyl halides is 1. The van der Waals surface area contributed by atoms with Crippen LogP contribution in [0.4, 0.5) is 19.3 Å². The number of carbonyl (C=O) groups is 2. The Kier molecular flexibility index (Phi) is 5.35. The van der Waals surface area contributed by atoms with E-state index in [1.165, 1.54) is 16.8 Å². The number of halogens is 2. The van der Waals surface area contributed by atoms with Gasteiger partial charge in [0.25, 0.3) is 5.91 Å². The van der Waals surface area contributed by atoms with E-state index in [4.69, 9.17) is 0 Å². The smallest absolute Gasteiger partial charge is 0.322 e. The number of rotatable bonds is 1. The Balaban J connectivity index is 0.00000225. The molecule has 28 heavy (non-hydrogen) atoms.